The molecule has 0 bridgehead atoms. The van der Waals surface area contributed by atoms with Crippen molar-refractivity contribution in [2.45, 2.75) is 40.2 Å². The van der Waals surface area contributed by atoms with Gasteiger partial charge in [-0.25, -0.2) is 18.6 Å². The first-order valence-electron chi connectivity index (χ1n) is 12.1. The highest BCUT2D eigenvalue weighted by molar-refractivity contribution is 6.05. The molecule has 0 unspecified atom stereocenters. The highest BCUT2D eigenvalue weighted by atomic mass is 19.1. The van der Waals surface area contributed by atoms with E-state index in [1.165, 1.54) is 23.0 Å². The molecule has 0 saturated carbocycles. The number of pyridine rings is 1. The number of rotatable bonds is 4. The lowest BCUT2D eigenvalue weighted by Gasteiger charge is -2.29. The number of benzene rings is 1. The molecule has 1 N–H and O–H groups in total. The molecule has 194 valence electrons. The van der Waals surface area contributed by atoms with Crippen LogP contribution in [0, 0.1) is 25.6 Å². The molecule has 9 nitrogen and oxygen atoms in total. The van der Waals surface area contributed by atoms with Crippen LogP contribution in [0.15, 0.2) is 30.6 Å². The summed E-state index contributed by atoms with van der Waals surface area (Å²) < 4.78 is 38.2. The number of halogens is 2. The van der Waals surface area contributed by atoms with Gasteiger partial charge in [-0.1, -0.05) is 0 Å². The number of hydrogen-bond acceptors (Lipinski definition) is 6. The lowest BCUT2D eigenvalue weighted by molar-refractivity contribution is 0.102. The molecule has 0 atom stereocenters. The molecule has 1 amide bonds. The first kappa shape index (κ1) is 24.8. The number of morpholine rings is 1. The lowest BCUT2D eigenvalue weighted by atomic mass is 9.98. The maximum atomic E-state index is 15.0. The highest BCUT2D eigenvalue weighted by Gasteiger charge is 2.24. The van der Waals surface area contributed by atoms with Crippen LogP contribution in [0.1, 0.15) is 42.5 Å². The second-order valence-corrected chi connectivity index (χ2v) is 10.2. The van der Waals surface area contributed by atoms with E-state index in [0.717, 1.165) is 11.3 Å². The van der Waals surface area contributed by atoms with Gasteiger partial charge in [0.15, 0.2) is 5.65 Å². The summed E-state index contributed by atoms with van der Waals surface area (Å²) in [6.45, 7) is 11.6. The maximum absolute atomic E-state index is 15.0. The largest absolute Gasteiger partial charge is 0.378 e. The molecule has 1 saturated heterocycles. The van der Waals surface area contributed by atoms with E-state index in [1.54, 1.807) is 32.2 Å². The van der Waals surface area contributed by atoms with Crippen LogP contribution >= 0.6 is 0 Å². The maximum Gasteiger partial charge on any atom is 0.258 e. The van der Waals surface area contributed by atoms with E-state index in [2.05, 4.69) is 25.4 Å². The molecule has 1 aliphatic rings. The molecule has 0 spiro atoms. The SMILES string of the molecule is Cc1nc2c(N3CCOCC3)cc(-c3cc(C(=O)Nc4cnn(C(C)(C)C)c4F)c(F)cc3C)cn2n1. The molecule has 1 fully saturated rings. The number of fused-ring (bicyclic) bond motifs is 1. The zero-order valence-electron chi connectivity index (χ0n) is 21.5. The van der Waals surface area contributed by atoms with Crippen molar-refractivity contribution < 1.29 is 18.3 Å². The van der Waals surface area contributed by atoms with E-state index in [-0.39, 0.29) is 11.3 Å². The predicted octanol–water partition coefficient (Wildman–Crippen LogP) is 4.33. The van der Waals surface area contributed by atoms with Gasteiger partial charge in [0.25, 0.3) is 5.91 Å². The molecule has 37 heavy (non-hydrogen) atoms. The van der Waals surface area contributed by atoms with Crippen molar-refractivity contribution in [1.29, 1.82) is 0 Å². The normalized spacial score (nSPS) is 14.4. The third-order valence-electron chi connectivity index (χ3n) is 6.34. The summed E-state index contributed by atoms with van der Waals surface area (Å²) in [5.41, 5.74) is 2.71. The van der Waals surface area contributed by atoms with Crippen molar-refractivity contribution in [3.05, 3.63) is 59.3 Å². The Morgan fingerprint density at radius 3 is 2.51 bits per heavy atom. The molecule has 0 radical (unpaired) electrons. The molecular weight excluding hydrogens is 480 g/mol. The fourth-order valence-corrected chi connectivity index (χ4v) is 4.49. The number of carbonyl (C=O) groups excluding carboxylic acids is 1. The number of carbonyl (C=O) groups is 1. The summed E-state index contributed by atoms with van der Waals surface area (Å²) in [4.78, 5) is 19.8. The minimum atomic E-state index is -0.766. The van der Waals surface area contributed by atoms with Crippen LogP contribution in [0.2, 0.25) is 0 Å². The van der Waals surface area contributed by atoms with Crippen LogP contribution in [0.4, 0.5) is 20.2 Å². The molecule has 0 aliphatic carbocycles. The number of ether oxygens (including phenoxy) is 1. The van der Waals surface area contributed by atoms with E-state index >= 15 is 0 Å². The van der Waals surface area contributed by atoms with Crippen LogP contribution in [-0.2, 0) is 10.3 Å². The summed E-state index contributed by atoms with van der Waals surface area (Å²) in [7, 11) is 0. The van der Waals surface area contributed by atoms with Crippen molar-refractivity contribution in [3.63, 3.8) is 0 Å². The van der Waals surface area contributed by atoms with E-state index < -0.39 is 23.2 Å². The number of aromatic nitrogens is 5. The van der Waals surface area contributed by atoms with E-state index in [0.29, 0.717) is 48.9 Å². The average Bonchev–Trinajstić information content (AvgIpc) is 3.40. The summed E-state index contributed by atoms with van der Waals surface area (Å²) in [5, 5.41) is 11.0. The molecule has 1 aliphatic heterocycles. The topological polar surface area (TPSA) is 89.6 Å². The predicted molar refractivity (Wildman–Crippen MR) is 136 cm³/mol. The van der Waals surface area contributed by atoms with Gasteiger partial charge >= 0.3 is 0 Å². The zero-order chi connectivity index (χ0) is 26.5. The summed E-state index contributed by atoms with van der Waals surface area (Å²) in [6, 6.07) is 4.77. The average molecular weight is 510 g/mol. The van der Waals surface area contributed by atoms with Gasteiger partial charge in [-0.15, -0.1) is 0 Å². The van der Waals surface area contributed by atoms with Crippen molar-refractivity contribution >= 4 is 22.9 Å². The van der Waals surface area contributed by atoms with Gasteiger partial charge in [0.05, 0.1) is 36.2 Å². The van der Waals surface area contributed by atoms with Crippen molar-refractivity contribution in [3.8, 4) is 11.1 Å². The quantitative estimate of drug-likeness (QED) is 0.441. The summed E-state index contributed by atoms with van der Waals surface area (Å²) >= 11 is 0. The van der Waals surface area contributed by atoms with E-state index in [4.69, 9.17) is 4.74 Å². The molecular formula is C26H29F2N7O2. The first-order valence-corrected chi connectivity index (χ1v) is 12.1. The standard InChI is InChI=1S/C26H29F2N7O2/c1-15-10-20(27)19(25(36)31-21-13-29-35(23(21)28)26(3,4)5)12-18(15)17-11-22(33-6-8-37-9-7-33)24-30-16(2)32-34(24)14-17/h10-14H,6-9H2,1-5H3,(H,31,36). The van der Waals surface area contributed by atoms with Crippen LogP contribution in [0.5, 0.6) is 0 Å². The van der Waals surface area contributed by atoms with Crippen LogP contribution in [0.25, 0.3) is 16.8 Å². The Morgan fingerprint density at radius 2 is 1.84 bits per heavy atom. The number of amides is 1. The van der Waals surface area contributed by atoms with Gasteiger partial charge in [0.1, 0.15) is 17.3 Å². The minimum absolute atomic E-state index is 0.115. The van der Waals surface area contributed by atoms with E-state index in [1.807, 2.05) is 19.2 Å². The van der Waals surface area contributed by atoms with Gasteiger partial charge in [0, 0.05) is 24.8 Å². The first-order chi connectivity index (χ1) is 17.5. The molecule has 4 aromatic rings. The Morgan fingerprint density at radius 1 is 1.11 bits per heavy atom. The summed E-state index contributed by atoms with van der Waals surface area (Å²) in [5.74, 6) is -1.54. The monoisotopic (exact) mass is 509 g/mol. The molecule has 5 rings (SSSR count). The molecule has 11 heteroatoms. The second-order valence-electron chi connectivity index (χ2n) is 10.2. The van der Waals surface area contributed by atoms with Gasteiger partial charge in [-0.05, 0) is 63.9 Å². The smallest absolute Gasteiger partial charge is 0.258 e. The van der Waals surface area contributed by atoms with Crippen LogP contribution in [0.3, 0.4) is 0 Å². The molecule has 4 heterocycles. The number of aryl methyl sites for hydroxylation is 2. The lowest BCUT2D eigenvalue weighted by Crippen LogP contribution is -2.36. The summed E-state index contributed by atoms with van der Waals surface area (Å²) in [6.07, 6.45) is 3.04. The number of hydrogen-bond donors (Lipinski definition) is 1. The number of nitrogens with one attached hydrogen (secondary N) is 1. The highest BCUT2D eigenvalue weighted by Crippen LogP contribution is 2.32. The third-order valence-corrected chi connectivity index (χ3v) is 6.34. The Balaban J connectivity index is 1.55. The Hall–Kier alpha value is -3.86. The zero-order valence-corrected chi connectivity index (χ0v) is 21.5. The number of anilines is 2. The van der Waals surface area contributed by atoms with E-state index in [9.17, 15) is 13.6 Å². The van der Waals surface area contributed by atoms with Gasteiger partial charge in [-0.3, -0.25) is 4.79 Å². The van der Waals surface area contributed by atoms with Crippen LogP contribution in [-0.4, -0.2) is 56.6 Å². The van der Waals surface area contributed by atoms with Gasteiger partial charge in [-0.2, -0.15) is 14.6 Å². The Kier molecular flexibility index (Phi) is 6.18. The van der Waals surface area contributed by atoms with Crippen molar-refractivity contribution in [2.75, 3.05) is 36.5 Å². The molecule has 1 aromatic carbocycles. The molecule has 3 aromatic heterocycles. The Labute approximate surface area is 213 Å². The van der Waals surface area contributed by atoms with Crippen LogP contribution < -0.4 is 10.2 Å². The Bertz CT molecular complexity index is 1500. The van der Waals surface area contributed by atoms with Crippen molar-refractivity contribution in [1.82, 2.24) is 24.4 Å². The minimum Gasteiger partial charge on any atom is -0.378 e. The van der Waals surface area contributed by atoms with Crippen molar-refractivity contribution in [2.24, 2.45) is 0 Å². The number of nitrogens with zero attached hydrogens (tertiary/aromatic N) is 6. The third kappa shape index (κ3) is 4.66. The van der Waals surface area contributed by atoms with Gasteiger partial charge in [0.2, 0.25) is 5.95 Å². The van der Waals surface area contributed by atoms with Gasteiger partial charge < -0.3 is 15.0 Å². The fourth-order valence-electron chi connectivity index (χ4n) is 4.49. The fraction of sp³-hybridized carbons (Fsp3) is 0.385. The second kappa shape index (κ2) is 9.22.